The minimum Gasteiger partial charge on any atom is -0.398 e. The third kappa shape index (κ3) is 2.39. The minimum absolute atomic E-state index is 0.157. The number of amides is 1. The molecule has 0 aliphatic carbocycles. The van der Waals surface area contributed by atoms with E-state index >= 15 is 0 Å². The Kier molecular flexibility index (Phi) is 3.19. The summed E-state index contributed by atoms with van der Waals surface area (Å²) in [5.41, 5.74) is 6.58. The van der Waals surface area contributed by atoms with Crippen LogP contribution in [0.3, 0.4) is 0 Å². The molecule has 1 amide bonds. The first kappa shape index (κ1) is 9.92. The summed E-state index contributed by atoms with van der Waals surface area (Å²) in [6, 6.07) is 5.08. The zero-order valence-corrected chi connectivity index (χ0v) is 8.27. The van der Waals surface area contributed by atoms with E-state index in [4.69, 9.17) is 5.73 Å². The van der Waals surface area contributed by atoms with Crippen LogP contribution in [0.15, 0.2) is 23.1 Å². The van der Waals surface area contributed by atoms with Crippen LogP contribution in [0.4, 0.5) is 5.69 Å². The SMILES string of the molecule is CCNC(=O)c1cc(S)ccc1N. The fourth-order valence-electron chi connectivity index (χ4n) is 0.997. The Morgan fingerprint density at radius 2 is 2.31 bits per heavy atom. The quantitative estimate of drug-likeness (QED) is 0.493. The molecule has 4 heteroatoms. The maximum atomic E-state index is 11.4. The van der Waals surface area contributed by atoms with Gasteiger partial charge in [-0.2, -0.15) is 0 Å². The Labute approximate surface area is 82.7 Å². The van der Waals surface area contributed by atoms with Crippen LogP contribution < -0.4 is 11.1 Å². The number of hydrogen-bond acceptors (Lipinski definition) is 3. The zero-order valence-electron chi connectivity index (χ0n) is 7.37. The molecule has 0 aromatic heterocycles. The number of thiol groups is 1. The smallest absolute Gasteiger partial charge is 0.253 e. The molecule has 1 aromatic rings. The molecule has 0 spiro atoms. The van der Waals surface area contributed by atoms with Gasteiger partial charge in [-0.15, -0.1) is 12.6 Å². The van der Waals surface area contributed by atoms with Crippen molar-refractivity contribution in [3.05, 3.63) is 23.8 Å². The molecule has 0 aliphatic heterocycles. The molecule has 0 bridgehead atoms. The number of rotatable bonds is 2. The van der Waals surface area contributed by atoms with Gasteiger partial charge in [-0.3, -0.25) is 4.79 Å². The van der Waals surface area contributed by atoms with Crippen LogP contribution in [0.2, 0.25) is 0 Å². The van der Waals surface area contributed by atoms with Gasteiger partial charge < -0.3 is 11.1 Å². The lowest BCUT2D eigenvalue weighted by molar-refractivity contribution is 0.0956. The number of nitrogen functional groups attached to an aromatic ring is 1. The summed E-state index contributed by atoms with van der Waals surface area (Å²) in [7, 11) is 0. The molecular formula is C9H12N2OS. The highest BCUT2D eigenvalue weighted by Crippen LogP contribution is 2.16. The van der Waals surface area contributed by atoms with Gasteiger partial charge in [0.1, 0.15) is 0 Å². The van der Waals surface area contributed by atoms with Crippen LogP contribution in [-0.4, -0.2) is 12.5 Å². The van der Waals surface area contributed by atoms with Gasteiger partial charge in [0.25, 0.3) is 5.91 Å². The molecule has 0 saturated heterocycles. The van der Waals surface area contributed by atoms with Crippen molar-refractivity contribution in [3.63, 3.8) is 0 Å². The van der Waals surface area contributed by atoms with E-state index in [-0.39, 0.29) is 5.91 Å². The first-order chi connectivity index (χ1) is 6.15. The van der Waals surface area contributed by atoms with Gasteiger partial charge in [-0.25, -0.2) is 0 Å². The van der Waals surface area contributed by atoms with Gasteiger partial charge >= 0.3 is 0 Å². The van der Waals surface area contributed by atoms with Crippen LogP contribution >= 0.6 is 12.6 Å². The summed E-state index contributed by atoms with van der Waals surface area (Å²) in [6.07, 6.45) is 0. The lowest BCUT2D eigenvalue weighted by Crippen LogP contribution is -2.23. The topological polar surface area (TPSA) is 55.1 Å². The van der Waals surface area contributed by atoms with Crippen molar-refractivity contribution in [2.45, 2.75) is 11.8 Å². The molecule has 1 rings (SSSR count). The van der Waals surface area contributed by atoms with Crippen LogP contribution in [0.5, 0.6) is 0 Å². The number of nitrogens with one attached hydrogen (secondary N) is 1. The Morgan fingerprint density at radius 1 is 1.62 bits per heavy atom. The number of carbonyl (C=O) groups excluding carboxylic acids is 1. The van der Waals surface area contributed by atoms with E-state index in [2.05, 4.69) is 17.9 Å². The molecule has 0 heterocycles. The summed E-state index contributed by atoms with van der Waals surface area (Å²) >= 11 is 4.13. The summed E-state index contributed by atoms with van der Waals surface area (Å²) in [5, 5.41) is 2.68. The largest absolute Gasteiger partial charge is 0.398 e. The highest BCUT2D eigenvalue weighted by Gasteiger charge is 2.07. The molecule has 0 fully saturated rings. The Bertz CT molecular complexity index is 325. The second kappa shape index (κ2) is 4.18. The van der Waals surface area contributed by atoms with E-state index in [1.165, 1.54) is 0 Å². The first-order valence-electron chi connectivity index (χ1n) is 4.02. The molecule has 70 valence electrons. The van der Waals surface area contributed by atoms with Crippen molar-refractivity contribution in [2.75, 3.05) is 12.3 Å². The number of benzene rings is 1. The lowest BCUT2D eigenvalue weighted by atomic mass is 10.1. The summed E-state index contributed by atoms with van der Waals surface area (Å²) in [6.45, 7) is 2.45. The minimum atomic E-state index is -0.157. The summed E-state index contributed by atoms with van der Waals surface area (Å²) < 4.78 is 0. The highest BCUT2D eigenvalue weighted by molar-refractivity contribution is 7.80. The summed E-state index contributed by atoms with van der Waals surface area (Å²) in [4.78, 5) is 12.1. The van der Waals surface area contributed by atoms with Gasteiger partial charge in [0.05, 0.1) is 5.56 Å². The number of nitrogens with two attached hydrogens (primary N) is 1. The van der Waals surface area contributed by atoms with Crippen LogP contribution in [0, 0.1) is 0 Å². The highest BCUT2D eigenvalue weighted by atomic mass is 32.1. The van der Waals surface area contributed by atoms with E-state index in [1.807, 2.05) is 6.92 Å². The molecule has 0 atom stereocenters. The monoisotopic (exact) mass is 196 g/mol. The third-order valence-electron chi connectivity index (χ3n) is 1.62. The van der Waals surface area contributed by atoms with Crippen LogP contribution in [0.1, 0.15) is 17.3 Å². The molecule has 0 aliphatic rings. The molecule has 13 heavy (non-hydrogen) atoms. The molecule has 0 saturated carbocycles. The van der Waals surface area contributed by atoms with E-state index < -0.39 is 0 Å². The molecule has 3 nitrogen and oxygen atoms in total. The predicted octanol–water partition coefficient (Wildman–Crippen LogP) is 1.31. The van der Waals surface area contributed by atoms with Gasteiger partial charge in [0.15, 0.2) is 0 Å². The maximum absolute atomic E-state index is 11.4. The van der Waals surface area contributed by atoms with E-state index in [9.17, 15) is 4.79 Å². The fourth-order valence-corrected chi connectivity index (χ4v) is 1.20. The molecule has 0 unspecified atom stereocenters. The van der Waals surface area contributed by atoms with Crippen molar-refractivity contribution >= 4 is 24.2 Å². The fraction of sp³-hybridized carbons (Fsp3) is 0.222. The third-order valence-corrected chi connectivity index (χ3v) is 1.90. The second-order valence-electron chi connectivity index (χ2n) is 2.63. The number of hydrogen-bond donors (Lipinski definition) is 3. The number of anilines is 1. The van der Waals surface area contributed by atoms with Crippen molar-refractivity contribution in [1.82, 2.24) is 5.32 Å². The predicted molar refractivity (Wildman–Crippen MR) is 56.1 cm³/mol. The standard InChI is InChI=1S/C9H12N2OS/c1-2-11-9(12)7-5-6(13)3-4-8(7)10/h3-5,13H,2,10H2,1H3,(H,11,12). The van der Waals surface area contributed by atoms with E-state index in [1.54, 1.807) is 18.2 Å². The van der Waals surface area contributed by atoms with Crippen LogP contribution in [-0.2, 0) is 0 Å². The van der Waals surface area contributed by atoms with Crippen molar-refractivity contribution < 1.29 is 4.79 Å². The lowest BCUT2D eigenvalue weighted by Gasteiger charge is -2.05. The van der Waals surface area contributed by atoms with Crippen molar-refractivity contribution in [3.8, 4) is 0 Å². The normalized spacial score (nSPS) is 9.69. The molecule has 0 radical (unpaired) electrons. The van der Waals surface area contributed by atoms with Crippen molar-refractivity contribution in [1.29, 1.82) is 0 Å². The van der Waals surface area contributed by atoms with Crippen molar-refractivity contribution in [2.24, 2.45) is 0 Å². The van der Waals surface area contributed by atoms with Gasteiger partial charge in [-0.05, 0) is 25.1 Å². The van der Waals surface area contributed by atoms with Gasteiger partial charge in [0.2, 0.25) is 0 Å². The summed E-state index contributed by atoms with van der Waals surface area (Å²) in [5.74, 6) is -0.157. The average molecular weight is 196 g/mol. The van der Waals surface area contributed by atoms with E-state index in [0.29, 0.717) is 17.8 Å². The molecule has 1 aromatic carbocycles. The second-order valence-corrected chi connectivity index (χ2v) is 3.15. The Balaban J connectivity index is 2.99. The van der Waals surface area contributed by atoms with E-state index in [0.717, 1.165) is 4.90 Å². The number of carbonyl (C=O) groups is 1. The average Bonchev–Trinajstić information content (AvgIpc) is 2.09. The Hall–Kier alpha value is -1.16. The maximum Gasteiger partial charge on any atom is 0.253 e. The molecule has 3 N–H and O–H groups in total. The zero-order chi connectivity index (χ0) is 9.84. The first-order valence-corrected chi connectivity index (χ1v) is 4.46. The van der Waals surface area contributed by atoms with Gasteiger partial charge in [-0.1, -0.05) is 0 Å². The molecular weight excluding hydrogens is 184 g/mol. The van der Waals surface area contributed by atoms with Gasteiger partial charge in [0, 0.05) is 17.1 Å². The Morgan fingerprint density at radius 3 is 2.92 bits per heavy atom. The van der Waals surface area contributed by atoms with Crippen LogP contribution in [0.25, 0.3) is 0 Å².